The van der Waals surface area contributed by atoms with Gasteiger partial charge in [-0.25, -0.2) is 4.79 Å². The van der Waals surface area contributed by atoms with E-state index in [1.807, 2.05) is 6.92 Å². The third-order valence-electron chi connectivity index (χ3n) is 2.44. The summed E-state index contributed by atoms with van der Waals surface area (Å²) in [7, 11) is 3.17. The molecule has 0 aromatic rings. The number of likely N-dealkylation sites (N-methyl/N-ethyl adjacent to an activating group) is 1. The number of nitrogens with one attached hydrogen (secondary N) is 2. The Morgan fingerprint density at radius 1 is 1.05 bits per heavy atom. The molecule has 0 bridgehead atoms. The average Bonchev–Trinajstić information content (AvgIpc) is 2.41. The molecule has 120 valence electrons. The molecule has 0 saturated carbocycles. The lowest BCUT2D eigenvalue weighted by Crippen LogP contribution is -2.48. The number of carbonyl (C=O) groups excluding carboxylic acids is 3. The van der Waals surface area contributed by atoms with Crippen LogP contribution in [-0.2, 0) is 14.4 Å². The van der Waals surface area contributed by atoms with Crippen LogP contribution in [0.2, 0.25) is 0 Å². The van der Waals surface area contributed by atoms with E-state index in [2.05, 4.69) is 10.6 Å². The van der Waals surface area contributed by atoms with Gasteiger partial charge in [0.25, 0.3) is 0 Å². The molecule has 0 aliphatic rings. The van der Waals surface area contributed by atoms with Crippen LogP contribution < -0.4 is 10.6 Å². The monoisotopic (exact) mass is 302 g/mol. The van der Waals surface area contributed by atoms with Crippen LogP contribution in [0, 0.1) is 0 Å². The minimum atomic E-state index is -1.17. The Hall–Kier alpha value is -2.32. The van der Waals surface area contributed by atoms with E-state index >= 15 is 0 Å². The summed E-state index contributed by atoms with van der Waals surface area (Å²) in [5, 5.41) is 12.9. The fraction of sp³-hybridized carbons (Fsp3) is 0.667. The maximum Gasteiger partial charge on any atom is 0.322 e. The molecule has 0 aromatic carbocycles. The lowest BCUT2D eigenvalue weighted by atomic mass is 10.4. The zero-order valence-electron chi connectivity index (χ0n) is 12.5. The van der Waals surface area contributed by atoms with Crippen molar-refractivity contribution in [2.24, 2.45) is 0 Å². The molecular weight excluding hydrogens is 280 g/mol. The number of nitrogens with zero attached hydrogens (tertiary/aromatic N) is 2. The standard InChI is InChI=1S/C12H22N4O5/c1-4-5-16(8-10(18)15(2)3)12(21)14-6-9(17)13-7-11(19)20/h4-8H2,1-3H3,(H,13,17)(H,14,21)(H,19,20). The Balaban J connectivity index is 4.32. The van der Waals surface area contributed by atoms with Crippen molar-refractivity contribution in [3.63, 3.8) is 0 Å². The van der Waals surface area contributed by atoms with Gasteiger partial charge < -0.3 is 25.5 Å². The molecule has 0 rings (SSSR count). The number of carboxylic acid groups (broad SMARTS) is 1. The molecule has 21 heavy (non-hydrogen) atoms. The van der Waals surface area contributed by atoms with Gasteiger partial charge >= 0.3 is 12.0 Å². The van der Waals surface area contributed by atoms with Gasteiger partial charge in [-0.2, -0.15) is 0 Å². The molecular formula is C12H22N4O5. The third kappa shape index (κ3) is 8.45. The number of hydrogen-bond donors (Lipinski definition) is 3. The van der Waals surface area contributed by atoms with E-state index in [1.165, 1.54) is 9.80 Å². The van der Waals surface area contributed by atoms with Crippen LogP contribution in [0.4, 0.5) is 4.79 Å². The summed E-state index contributed by atoms with van der Waals surface area (Å²) in [6, 6.07) is -0.544. The second kappa shape index (κ2) is 9.56. The Labute approximate surface area is 123 Å². The maximum atomic E-state index is 11.9. The molecule has 0 fully saturated rings. The van der Waals surface area contributed by atoms with Crippen molar-refractivity contribution in [3.05, 3.63) is 0 Å². The Morgan fingerprint density at radius 3 is 2.14 bits per heavy atom. The number of carboxylic acids is 1. The summed E-state index contributed by atoms with van der Waals surface area (Å²) in [4.78, 5) is 47.7. The fourth-order valence-corrected chi connectivity index (χ4v) is 1.33. The molecule has 0 spiro atoms. The molecule has 0 heterocycles. The van der Waals surface area contributed by atoms with E-state index in [0.717, 1.165) is 0 Å². The molecule has 0 unspecified atom stereocenters. The highest BCUT2D eigenvalue weighted by molar-refractivity contribution is 5.88. The number of rotatable bonds is 8. The summed E-state index contributed by atoms with van der Waals surface area (Å²) in [6.07, 6.45) is 0.666. The van der Waals surface area contributed by atoms with Crippen molar-refractivity contribution in [1.82, 2.24) is 20.4 Å². The van der Waals surface area contributed by atoms with Crippen LogP contribution in [0.5, 0.6) is 0 Å². The lowest BCUT2D eigenvalue weighted by Gasteiger charge is -2.23. The highest BCUT2D eigenvalue weighted by Crippen LogP contribution is 1.94. The summed E-state index contributed by atoms with van der Waals surface area (Å²) in [5.74, 6) is -2.01. The summed E-state index contributed by atoms with van der Waals surface area (Å²) in [6.45, 7) is 1.31. The fourth-order valence-electron chi connectivity index (χ4n) is 1.33. The van der Waals surface area contributed by atoms with Crippen molar-refractivity contribution >= 4 is 23.8 Å². The predicted octanol–water partition coefficient (Wildman–Crippen LogP) is -1.30. The van der Waals surface area contributed by atoms with Crippen LogP contribution in [0.15, 0.2) is 0 Å². The van der Waals surface area contributed by atoms with Gasteiger partial charge in [-0.1, -0.05) is 6.92 Å². The highest BCUT2D eigenvalue weighted by Gasteiger charge is 2.18. The number of aliphatic carboxylic acids is 1. The number of carbonyl (C=O) groups is 4. The Kier molecular flexibility index (Phi) is 8.51. The zero-order chi connectivity index (χ0) is 16.4. The van der Waals surface area contributed by atoms with Gasteiger partial charge in [-0.05, 0) is 6.42 Å². The first-order chi connectivity index (χ1) is 9.77. The first kappa shape index (κ1) is 18.7. The van der Waals surface area contributed by atoms with E-state index in [4.69, 9.17) is 5.11 Å². The molecule has 0 atom stereocenters. The van der Waals surface area contributed by atoms with Crippen LogP contribution in [0.3, 0.4) is 0 Å². The number of amides is 4. The molecule has 0 aliphatic carbocycles. The van der Waals surface area contributed by atoms with Gasteiger partial charge in [-0.3, -0.25) is 14.4 Å². The summed E-state index contributed by atoms with van der Waals surface area (Å²) in [5.41, 5.74) is 0. The molecule has 0 saturated heterocycles. The van der Waals surface area contributed by atoms with E-state index < -0.39 is 24.5 Å². The SMILES string of the molecule is CCCN(CC(=O)N(C)C)C(=O)NCC(=O)NCC(=O)O. The van der Waals surface area contributed by atoms with Gasteiger partial charge in [0.05, 0.1) is 6.54 Å². The molecule has 0 radical (unpaired) electrons. The first-order valence-electron chi connectivity index (χ1n) is 6.49. The van der Waals surface area contributed by atoms with Gasteiger partial charge in [-0.15, -0.1) is 0 Å². The molecule has 9 heteroatoms. The van der Waals surface area contributed by atoms with Gasteiger partial charge in [0.1, 0.15) is 13.1 Å². The van der Waals surface area contributed by atoms with Crippen LogP contribution >= 0.6 is 0 Å². The van der Waals surface area contributed by atoms with Crippen molar-refractivity contribution in [3.8, 4) is 0 Å². The quantitative estimate of drug-likeness (QED) is 0.515. The minimum Gasteiger partial charge on any atom is -0.480 e. The van der Waals surface area contributed by atoms with E-state index in [0.29, 0.717) is 13.0 Å². The smallest absolute Gasteiger partial charge is 0.322 e. The topological polar surface area (TPSA) is 119 Å². The van der Waals surface area contributed by atoms with Crippen molar-refractivity contribution in [2.45, 2.75) is 13.3 Å². The van der Waals surface area contributed by atoms with Gasteiger partial charge in [0.15, 0.2) is 0 Å². The predicted molar refractivity (Wildman–Crippen MR) is 74.6 cm³/mol. The molecule has 9 nitrogen and oxygen atoms in total. The largest absolute Gasteiger partial charge is 0.480 e. The molecule has 0 aromatic heterocycles. The number of urea groups is 1. The van der Waals surface area contributed by atoms with Crippen LogP contribution in [0.1, 0.15) is 13.3 Å². The average molecular weight is 302 g/mol. The van der Waals surface area contributed by atoms with Crippen LogP contribution in [0.25, 0.3) is 0 Å². The molecule has 4 amide bonds. The van der Waals surface area contributed by atoms with E-state index in [1.54, 1.807) is 14.1 Å². The molecule has 0 aliphatic heterocycles. The Bertz CT molecular complexity index is 397. The third-order valence-corrected chi connectivity index (χ3v) is 2.44. The second-order valence-electron chi connectivity index (χ2n) is 4.54. The first-order valence-corrected chi connectivity index (χ1v) is 6.49. The van der Waals surface area contributed by atoms with Crippen molar-refractivity contribution < 1.29 is 24.3 Å². The highest BCUT2D eigenvalue weighted by atomic mass is 16.4. The minimum absolute atomic E-state index is 0.0799. The summed E-state index contributed by atoms with van der Waals surface area (Å²) >= 11 is 0. The normalized spacial score (nSPS) is 9.67. The van der Waals surface area contributed by atoms with Gasteiger partial charge in [0.2, 0.25) is 11.8 Å². The number of hydrogen-bond acceptors (Lipinski definition) is 4. The van der Waals surface area contributed by atoms with Gasteiger partial charge in [0, 0.05) is 20.6 Å². The van der Waals surface area contributed by atoms with Crippen molar-refractivity contribution in [2.75, 3.05) is 40.3 Å². The van der Waals surface area contributed by atoms with Crippen molar-refractivity contribution in [1.29, 1.82) is 0 Å². The Morgan fingerprint density at radius 2 is 1.67 bits per heavy atom. The maximum absolute atomic E-state index is 11.9. The zero-order valence-corrected chi connectivity index (χ0v) is 12.5. The van der Waals surface area contributed by atoms with Crippen LogP contribution in [-0.4, -0.2) is 79.0 Å². The molecule has 3 N–H and O–H groups in total. The second-order valence-corrected chi connectivity index (χ2v) is 4.54. The summed E-state index contributed by atoms with van der Waals surface area (Å²) < 4.78 is 0. The van der Waals surface area contributed by atoms with E-state index in [-0.39, 0.29) is 19.0 Å². The van der Waals surface area contributed by atoms with E-state index in [9.17, 15) is 19.2 Å². The lowest BCUT2D eigenvalue weighted by molar-refractivity contribution is -0.137.